The molecular formula is C10H21NO. The highest BCUT2D eigenvalue weighted by atomic mass is 16.5. The van der Waals surface area contributed by atoms with Crippen molar-refractivity contribution in [3.63, 3.8) is 0 Å². The Morgan fingerprint density at radius 3 is 2.83 bits per heavy atom. The van der Waals surface area contributed by atoms with Crippen LogP contribution in [0.2, 0.25) is 0 Å². The predicted molar refractivity (Wildman–Crippen MR) is 51.3 cm³/mol. The molecule has 0 radical (unpaired) electrons. The van der Waals surface area contributed by atoms with Gasteiger partial charge in [0.1, 0.15) is 0 Å². The number of hydrogen-bond acceptors (Lipinski definition) is 2. The fourth-order valence-corrected chi connectivity index (χ4v) is 1.91. The molecule has 1 fully saturated rings. The lowest BCUT2D eigenvalue weighted by Gasteiger charge is -2.23. The molecule has 12 heavy (non-hydrogen) atoms. The molecular weight excluding hydrogens is 150 g/mol. The Labute approximate surface area is 75.7 Å². The molecule has 2 atom stereocenters. The second-order valence-electron chi connectivity index (χ2n) is 3.50. The molecule has 1 aliphatic rings. The Balaban J connectivity index is 2.29. The molecule has 1 heterocycles. The van der Waals surface area contributed by atoms with Gasteiger partial charge in [0, 0.05) is 12.6 Å². The van der Waals surface area contributed by atoms with Gasteiger partial charge in [0.25, 0.3) is 0 Å². The van der Waals surface area contributed by atoms with Gasteiger partial charge in [-0.1, -0.05) is 20.3 Å². The monoisotopic (exact) mass is 171 g/mol. The van der Waals surface area contributed by atoms with Gasteiger partial charge < -0.3 is 10.1 Å². The number of nitrogens with one attached hydrogen (secondary N) is 1. The molecule has 2 nitrogen and oxygen atoms in total. The zero-order chi connectivity index (χ0) is 8.81. The van der Waals surface area contributed by atoms with E-state index in [-0.39, 0.29) is 0 Å². The maximum atomic E-state index is 5.66. The molecule has 0 amide bonds. The lowest BCUT2D eigenvalue weighted by molar-refractivity contribution is 0.0759. The highest BCUT2D eigenvalue weighted by Crippen LogP contribution is 2.18. The number of rotatable bonds is 5. The highest BCUT2D eigenvalue weighted by molar-refractivity contribution is 4.79. The van der Waals surface area contributed by atoms with Crippen LogP contribution in [0.5, 0.6) is 0 Å². The van der Waals surface area contributed by atoms with Crippen molar-refractivity contribution in [2.45, 2.75) is 51.7 Å². The van der Waals surface area contributed by atoms with Crippen molar-refractivity contribution >= 4 is 0 Å². The molecule has 0 spiro atoms. The van der Waals surface area contributed by atoms with Gasteiger partial charge in [0.2, 0.25) is 0 Å². The topological polar surface area (TPSA) is 21.3 Å². The van der Waals surface area contributed by atoms with Crippen LogP contribution in [0, 0.1) is 0 Å². The molecule has 1 saturated heterocycles. The Hall–Kier alpha value is -0.0800. The van der Waals surface area contributed by atoms with Crippen LogP contribution in [0.4, 0.5) is 0 Å². The van der Waals surface area contributed by atoms with Gasteiger partial charge >= 0.3 is 0 Å². The van der Waals surface area contributed by atoms with E-state index in [4.69, 9.17) is 4.74 Å². The fraction of sp³-hybridized carbons (Fsp3) is 1.00. The van der Waals surface area contributed by atoms with Gasteiger partial charge in [-0.15, -0.1) is 0 Å². The van der Waals surface area contributed by atoms with Crippen molar-refractivity contribution in [2.24, 2.45) is 0 Å². The highest BCUT2D eigenvalue weighted by Gasteiger charge is 2.23. The molecule has 1 aliphatic heterocycles. The molecule has 0 aromatic carbocycles. The number of ether oxygens (including phenoxy) is 1. The summed E-state index contributed by atoms with van der Waals surface area (Å²) in [5.41, 5.74) is 0. The van der Waals surface area contributed by atoms with Crippen LogP contribution in [0.25, 0.3) is 0 Å². The van der Waals surface area contributed by atoms with Crippen molar-refractivity contribution in [3.8, 4) is 0 Å². The Morgan fingerprint density at radius 2 is 2.33 bits per heavy atom. The van der Waals surface area contributed by atoms with Crippen LogP contribution >= 0.6 is 0 Å². The van der Waals surface area contributed by atoms with E-state index < -0.39 is 0 Å². The van der Waals surface area contributed by atoms with Crippen molar-refractivity contribution < 1.29 is 4.74 Å². The van der Waals surface area contributed by atoms with Crippen LogP contribution in [0.1, 0.15) is 39.5 Å². The van der Waals surface area contributed by atoms with Gasteiger partial charge in [-0.05, 0) is 25.8 Å². The van der Waals surface area contributed by atoms with E-state index in [0.717, 1.165) is 13.2 Å². The van der Waals surface area contributed by atoms with Gasteiger partial charge in [-0.2, -0.15) is 0 Å². The standard InChI is InChI=1S/C10H21NO/c1-3-6-9(11-4-2)10-7-5-8-12-10/h9-11H,3-8H2,1-2H3. The van der Waals surface area contributed by atoms with Crippen LogP contribution < -0.4 is 5.32 Å². The van der Waals surface area contributed by atoms with E-state index >= 15 is 0 Å². The molecule has 2 heteroatoms. The average Bonchev–Trinajstić information content (AvgIpc) is 2.56. The lowest BCUT2D eigenvalue weighted by Crippen LogP contribution is -2.39. The van der Waals surface area contributed by atoms with E-state index in [0.29, 0.717) is 12.1 Å². The van der Waals surface area contributed by atoms with Gasteiger partial charge in [0.15, 0.2) is 0 Å². The van der Waals surface area contributed by atoms with Crippen LogP contribution in [0.3, 0.4) is 0 Å². The molecule has 2 unspecified atom stereocenters. The molecule has 0 aromatic heterocycles. The summed E-state index contributed by atoms with van der Waals surface area (Å²) in [5.74, 6) is 0. The van der Waals surface area contributed by atoms with E-state index in [1.54, 1.807) is 0 Å². The molecule has 72 valence electrons. The van der Waals surface area contributed by atoms with Crippen LogP contribution in [-0.4, -0.2) is 25.3 Å². The second kappa shape index (κ2) is 5.55. The van der Waals surface area contributed by atoms with Crippen molar-refractivity contribution in [1.82, 2.24) is 5.32 Å². The Morgan fingerprint density at radius 1 is 1.50 bits per heavy atom. The number of likely N-dealkylation sites (N-methyl/N-ethyl adjacent to an activating group) is 1. The number of hydrogen-bond donors (Lipinski definition) is 1. The summed E-state index contributed by atoms with van der Waals surface area (Å²) in [6.07, 6.45) is 5.48. The first-order valence-electron chi connectivity index (χ1n) is 5.23. The van der Waals surface area contributed by atoms with Gasteiger partial charge in [-0.25, -0.2) is 0 Å². The van der Waals surface area contributed by atoms with Crippen molar-refractivity contribution in [2.75, 3.05) is 13.2 Å². The van der Waals surface area contributed by atoms with Crippen LogP contribution in [0.15, 0.2) is 0 Å². The average molecular weight is 171 g/mol. The predicted octanol–water partition coefficient (Wildman–Crippen LogP) is 1.94. The van der Waals surface area contributed by atoms with E-state index in [1.807, 2.05) is 0 Å². The summed E-state index contributed by atoms with van der Waals surface area (Å²) >= 11 is 0. The fourth-order valence-electron chi connectivity index (χ4n) is 1.91. The lowest BCUT2D eigenvalue weighted by atomic mass is 10.0. The minimum atomic E-state index is 0.491. The zero-order valence-electron chi connectivity index (χ0n) is 8.31. The molecule has 0 aliphatic carbocycles. The Kier molecular flexibility index (Phi) is 4.62. The maximum absolute atomic E-state index is 5.66. The van der Waals surface area contributed by atoms with Crippen molar-refractivity contribution in [1.29, 1.82) is 0 Å². The summed E-state index contributed by atoms with van der Waals surface area (Å²) in [4.78, 5) is 0. The quantitative estimate of drug-likeness (QED) is 0.682. The SMILES string of the molecule is CCCC(NCC)C1CCCO1. The minimum absolute atomic E-state index is 0.491. The first-order chi connectivity index (χ1) is 5.88. The first kappa shape index (κ1) is 10.0. The summed E-state index contributed by atoms with van der Waals surface area (Å²) in [6, 6.07) is 0.600. The molecule has 1 N–H and O–H groups in total. The molecule has 1 rings (SSSR count). The Bertz CT molecular complexity index is 104. The van der Waals surface area contributed by atoms with Gasteiger partial charge in [-0.3, -0.25) is 0 Å². The van der Waals surface area contributed by atoms with Gasteiger partial charge in [0.05, 0.1) is 6.10 Å². The minimum Gasteiger partial charge on any atom is -0.377 e. The third-order valence-electron chi connectivity index (χ3n) is 2.48. The van der Waals surface area contributed by atoms with E-state index in [2.05, 4.69) is 19.2 Å². The third-order valence-corrected chi connectivity index (χ3v) is 2.48. The second-order valence-corrected chi connectivity index (χ2v) is 3.50. The summed E-state index contributed by atoms with van der Waals surface area (Å²) in [6.45, 7) is 6.43. The summed E-state index contributed by atoms with van der Waals surface area (Å²) in [7, 11) is 0. The van der Waals surface area contributed by atoms with Crippen LogP contribution in [-0.2, 0) is 4.74 Å². The largest absolute Gasteiger partial charge is 0.377 e. The van der Waals surface area contributed by atoms with Crippen molar-refractivity contribution in [3.05, 3.63) is 0 Å². The first-order valence-corrected chi connectivity index (χ1v) is 5.23. The normalized spacial score (nSPS) is 26.0. The molecule has 0 saturated carbocycles. The summed E-state index contributed by atoms with van der Waals surface area (Å²) < 4.78 is 5.66. The molecule has 0 bridgehead atoms. The van der Waals surface area contributed by atoms with E-state index in [9.17, 15) is 0 Å². The van der Waals surface area contributed by atoms with E-state index in [1.165, 1.54) is 25.7 Å². The molecule has 0 aromatic rings. The summed E-state index contributed by atoms with van der Waals surface area (Å²) in [5, 5.41) is 3.50. The third kappa shape index (κ3) is 2.76. The zero-order valence-corrected chi connectivity index (χ0v) is 8.31. The smallest absolute Gasteiger partial charge is 0.0728 e. The maximum Gasteiger partial charge on any atom is 0.0728 e.